The molecule has 0 heterocycles. The summed E-state index contributed by atoms with van der Waals surface area (Å²) in [5, 5.41) is -0.735. The lowest BCUT2D eigenvalue weighted by Crippen LogP contribution is -2.56. The number of esters is 2. The summed E-state index contributed by atoms with van der Waals surface area (Å²) in [5.41, 5.74) is 16.6. The SMILES string of the molecule is CC(F)(F)C(F)(F)C(F)(F)S(=O)(=O)O.CN(C)Nc1ccccc1.COC(=O)c1ccccc1C(=O)OC.Cc1cc2c(c(C3C=Cc4c(O)cccc43)c1C)Cc1ccccc1-2.FC(F)F.O=S(=O)(O)C(F)(F)C(F)(F)C(F)(F)F. The molecule has 1 unspecified atom stereocenters. The minimum atomic E-state index is -6.85. The van der Waals surface area contributed by atoms with Gasteiger partial charge in [-0.2, -0.15) is 87.1 Å². The van der Waals surface area contributed by atoms with Crippen LogP contribution in [0.4, 0.5) is 75.9 Å². The Kier molecular flexibility index (Phi) is 23.6. The van der Waals surface area contributed by atoms with E-state index in [1.54, 1.807) is 18.2 Å². The largest absolute Gasteiger partial charge is 0.507 e. The minimum Gasteiger partial charge on any atom is -0.507 e. The molecule has 1 atom stereocenters. The number of halogens is 16. The van der Waals surface area contributed by atoms with E-state index in [1.807, 2.05) is 55.5 Å². The van der Waals surface area contributed by atoms with E-state index in [0.717, 1.165) is 17.7 Å². The Morgan fingerprint density at radius 3 is 1.51 bits per heavy atom. The number of aromatic hydroxyl groups is 1. The molecule has 4 N–H and O–H groups in total. The van der Waals surface area contributed by atoms with Crippen LogP contribution >= 0.6 is 0 Å². The number of alkyl halides is 16. The molecule has 13 nitrogen and oxygen atoms in total. The van der Waals surface area contributed by atoms with E-state index in [9.17, 15) is 102 Å². The van der Waals surface area contributed by atoms with E-state index >= 15 is 0 Å². The molecule has 0 saturated heterocycles. The average molecular weight is 1220 g/mol. The van der Waals surface area contributed by atoms with Crippen LogP contribution in [0.15, 0.2) is 109 Å². The fraction of sp³-hybridized carbons (Fsp3) is 0.320. The molecule has 0 aromatic heterocycles. The maximum atomic E-state index is 12.2. The number of para-hydroxylation sites is 1. The number of benzene rings is 5. The molecule has 2 aliphatic carbocycles. The van der Waals surface area contributed by atoms with Gasteiger partial charge in [0.2, 0.25) is 0 Å². The van der Waals surface area contributed by atoms with Gasteiger partial charge in [0.05, 0.1) is 25.3 Å². The molecular weight excluding hydrogens is 1170 g/mol. The number of anilines is 1. The molecule has 2 aliphatic rings. The first-order valence-corrected chi connectivity index (χ1v) is 25.0. The smallest absolute Gasteiger partial charge is 0.461 e. The Hall–Kier alpha value is -6.96. The van der Waals surface area contributed by atoms with E-state index in [-0.39, 0.29) is 17.0 Å². The number of ether oxygens (including phenoxy) is 2. The van der Waals surface area contributed by atoms with Crippen molar-refractivity contribution in [1.82, 2.24) is 5.01 Å². The van der Waals surface area contributed by atoms with Crippen LogP contribution < -0.4 is 5.43 Å². The summed E-state index contributed by atoms with van der Waals surface area (Å²) in [7, 11) is -7.00. The number of phenolic OH excluding ortho intramolecular Hbond substituents is 1. The van der Waals surface area contributed by atoms with Crippen molar-refractivity contribution in [2.75, 3.05) is 33.7 Å². The number of allylic oxidation sites excluding steroid dienone is 1. The number of hydrogen-bond donors (Lipinski definition) is 4. The van der Waals surface area contributed by atoms with Gasteiger partial charge in [0.25, 0.3) is 0 Å². The van der Waals surface area contributed by atoms with E-state index in [1.165, 1.54) is 70.9 Å². The Bertz CT molecular complexity index is 3130. The topological polar surface area (TPSA) is 197 Å². The van der Waals surface area contributed by atoms with Crippen LogP contribution in [0.25, 0.3) is 17.2 Å². The first-order chi connectivity index (χ1) is 36.9. The zero-order valence-electron chi connectivity index (χ0n) is 42.8. The van der Waals surface area contributed by atoms with Gasteiger partial charge >= 0.3 is 73.3 Å². The standard InChI is InChI=1S/C24H20O.C10H10O4.C8H12N2.C4H4F6O3S.C3HF7O3S.CHF3/c1-14-12-21-17-7-4-3-6-16(17)13-22(21)24(15(14)2)20-11-10-19-18(20)8-5-9-23(19)25;1-13-9(11)7-5-3-4-6-8(7)10(12)14-2;1-10(2)9-8-6-4-3-5-7-8;1-2(5,6)3(7,8)4(9,10)14(11,12)13;4-1(5,2(6,7)8)3(9,10)14(11,12)13;2-1(3)4/h3-12,20,25H,13H2,1-2H3;3-6H,1-2H3;3-7,9H,1-2H3;1H3,(H,11,12,13);(H,11,12,13);1H. The summed E-state index contributed by atoms with van der Waals surface area (Å²) in [5.74, 6) is -18.8. The number of carbonyl (C=O) groups is 2. The first-order valence-electron chi connectivity index (χ1n) is 22.2. The van der Waals surface area contributed by atoms with Crippen molar-refractivity contribution in [3.63, 3.8) is 0 Å². The fourth-order valence-electron chi connectivity index (χ4n) is 7.12. The number of aryl methyl sites for hydroxylation is 1. The van der Waals surface area contributed by atoms with E-state index in [4.69, 9.17) is 9.11 Å². The number of rotatable bonds is 10. The molecule has 0 aliphatic heterocycles. The van der Waals surface area contributed by atoms with Gasteiger partial charge in [0.15, 0.2) is 0 Å². The molecule has 5 aromatic rings. The number of carbonyl (C=O) groups excluding carboxylic acids is 2. The Morgan fingerprint density at radius 1 is 0.654 bits per heavy atom. The van der Waals surface area contributed by atoms with Crippen molar-refractivity contribution < 1.29 is 120 Å². The van der Waals surface area contributed by atoms with Crippen LogP contribution in [-0.4, -0.2) is 117 Å². The number of nitrogens with one attached hydrogen (secondary N) is 1. The summed E-state index contributed by atoms with van der Waals surface area (Å²) in [6, 6.07) is 33.4. The second-order valence-corrected chi connectivity index (χ2v) is 19.8. The summed E-state index contributed by atoms with van der Waals surface area (Å²) in [6.07, 6.45) is -1.46. The highest BCUT2D eigenvalue weighted by Crippen LogP contribution is 2.50. The molecule has 0 amide bonds. The van der Waals surface area contributed by atoms with Crippen molar-refractivity contribution >= 4 is 43.9 Å². The third-order valence-electron chi connectivity index (χ3n) is 11.1. The summed E-state index contributed by atoms with van der Waals surface area (Å²) < 4.78 is 245. The molecule has 5 aromatic carbocycles. The van der Waals surface area contributed by atoms with Gasteiger partial charge in [-0.1, -0.05) is 84.9 Å². The second-order valence-electron chi connectivity index (χ2n) is 16.9. The van der Waals surface area contributed by atoms with Crippen molar-refractivity contribution in [1.29, 1.82) is 0 Å². The van der Waals surface area contributed by atoms with E-state index < -0.39 is 80.2 Å². The van der Waals surface area contributed by atoms with E-state index in [0.29, 0.717) is 5.75 Å². The summed E-state index contributed by atoms with van der Waals surface area (Å²) in [4.78, 5) is 22.4. The monoisotopic (exact) mass is 1220 g/mol. The maximum absolute atomic E-state index is 12.2. The lowest BCUT2D eigenvalue weighted by molar-refractivity contribution is -0.333. The van der Waals surface area contributed by atoms with Gasteiger partial charge < -0.3 is 20.0 Å². The van der Waals surface area contributed by atoms with Gasteiger partial charge in [-0.25, -0.2) is 14.6 Å². The molecule has 0 saturated carbocycles. The molecule has 0 spiro atoms. The number of nitrogens with zero attached hydrogens (tertiary/aromatic N) is 1. The number of hydrogen-bond acceptors (Lipinski definition) is 11. The lowest BCUT2D eigenvalue weighted by atomic mass is 9.83. The third kappa shape index (κ3) is 16.8. The van der Waals surface area contributed by atoms with Crippen molar-refractivity contribution in [2.45, 2.75) is 74.2 Å². The van der Waals surface area contributed by atoms with Gasteiger partial charge in [0, 0.05) is 38.2 Å². The first kappa shape index (κ1) is 70.1. The van der Waals surface area contributed by atoms with Crippen molar-refractivity contribution in [3.05, 3.63) is 159 Å². The third-order valence-corrected chi connectivity index (χ3v) is 12.9. The van der Waals surface area contributed by atoms with Crippen LogP contribution in [0.3, 0.4) is 0 Å². The quantitative estimate of drug-likeness (QED) is 0.0438. The molecule has 0 radical (unpaired) electrons. The van der Waals surface area contributed by atoms with E-state index in [2.05, 4.69) is 77.3 Å². The van der Waals surface area contributed by atoms with Crippen LogP contribution in [0.1, 0.15) is 72.5 Å². The number of phenols is 1. The predicted molar refractivity (Wildman–Crippen MR) is 263 cm³/mol. The molecule has 0 fully saturated rings. The normalized spacial score (nSPS) is 13.8. The van der Waals surface area contributed by atoms with Gasteiger partial charge in [-0.05, 0) is 95.1 Å². The molecule has 7 rings (SSSR count). The molecule has 81 heavy (non-hydrogen) atoms. The van der Waals surface area contributed by atoms with Gasteiger partial charge in [-0.3, -0.25) is 9.11 Å². The zero-order valence-corrected chi connectivity index (χ0v) is 44.4. The summed E-state index contributed by atoms with van der Waals surface area (Å²) >= 11 is 0. The lowest BCUT2D eigenvalue weighted by Gasteiger charge is -2.28. The zero-order chi connectivity index (χ0) is 62.7. The maximum Gasteiger partial charge on any atom is 0.461 e. The molecular formula is C50H48F16N2O11S2. The van der Waals surface area contributed by atoms with Gasteiger partial charge in [-0.15, -0.1) is 0 Å². The minimum absolute atomic E-state index is 0.210. The molecule has 448 valence electrons. The van der Waals surface area contributed by atoms with Crippen LogP contribution in [0, 0.1) is 13.8 Å². The van der Waals surface area contributed by atoms with Crippen LogP contribution in [0.2, 0.25) is 0 Å². The van der Waals surface area contributed by atoms with Crippen molar-refractivity contribution in [2.24, 2.45) is 0 Å². The van der Waals surface area contributed by atoms with Crippen LogP contribution in [-0.2, 0) is 36.1 Å². The Morgan fingerprint density at radius 2 is 1.10 bits per heavy atom. The molecule has 0 bridgehead atoms. The van der Waals surface area contributed by atoms with Crippen LogP contribution in [0.5, 0.6) is 5.75 Å². The highest BCUT2D eigenvalue weighted by molar-refractivity contribution is 7.87. The summed E-state index contributed by atoms with van der Waals surface area (Å²) in [6.45, 7) is 0.191. The fourth-order valence-corrected chi connectivity index (χ4v) is 8.06. The van der Waals surface area contributed by atoms with Crippen molar-refractivity contribution in [3.8, 4) is 16.9 Å². The Labute approximate surface area is 452 Å². The number of fused-ring (bicyclic) bond motifs is 4. The average Bonchev–Trinajstić information content (AvgIpc) is 3.96. The highest BCUT2D eigenvalue weighted by atomic mass is 32.2. The molecule has 31 heteroatoms. The number of methoxy groups -OCH3 is 2. The predicted octanol–water partition coefficient (Wildman–Crippen LogP) is 13.2. The number of hydrazine groups is 1. The Balaban J connectivity index is 0.000000354. The second kappa shape index (κ2) is 27.2. The van der Waals surface area contributed by atoms with Gasteiger partial charge in [0.1, 0.15) is 5.75 Å². The highest BCUT2D eigenvalue weighted by Gasteiger charge is 2.79.